The number of fused-ring (bicyclic) bond motifs is 1. The highest BCUT2D eigenvalue weighted by atomic mass is 16.4. The lowest BCUT2D eigenvalue weighted by molar-refractivity contribution is 0.558. The number of rotatable bonds is 0. The predicted molar refractivity (Wildman–Crippen MR) is 72.5 cm³/mol. The van der Waals surface area contributed by atoms with E-state index in [2.05, 4.69) is 26.8 Å². The van der Waals surface area contributed by atoms with Crippen molar-refractivity contribution in [1.82, 2.24) is 0 Å². The van der Waals surface area contributed by atoms with Crippen LogP contribution >= 0.6 is 0 Å². The Balaban J connectivity index is 0.000000686. The molecule has 0 aliphatic heterocycles. The molecular formula is C15H20O2. The molecule has 0 aliphatic carbocycles. The van der Waals surface area contributed by atoms with Gasteiger partial charge in [-0.05, 0) is 29.2 Å². The highest BCUT2D eigenvalue weighted by Crippen LogP contribution is 2.25. The molecular weight excluding hydrogens is 212 g/mol. The monoisotopic (exact) mass is 232 g/mol. The average Bonchev–Trinajstić information content (AvgIpc) is 2.29. The van der Waals surface area contributed by atoms with E-state index in [0.717, 1.165) is 5.39 Å². The van der Waals surface area contributed by atoms with Crippen LogP contribution in [0.4, 0.5) is 0 Å². The molecule has 92 valence electrons. The van der Waals surface area contributed by atoms with Crippen LogP contribution in [0.2, 0.25) is 0 Å². The van der Waals surface area contributed by atoms with Gasteiger partial charge in [-0.15, -0.1) is 0 Å². The third kappa shape index (κ3) is 3.19. The summed E-state index contributed by atoms with van der Waals surface area (Å²) in [7, 11) is 0. The lowest BCUT2D eigenvalue weighted by Crippen LogP contribution is -2.10. The largest absolute Gasteiger partial charge is 0.423 e. The quantitative estimate of drug-likeness (QED) is 0.640. The molecule has 0 spiro atoms. The minimum atomic E-state index is -0.300. The summed E-state index contributed by atoms with van der Waals surface area (Å²) in [4.78, 5) is 11.0. The highest BCUT2D eigenvalue weighted by Gasteiger charge is 2.13. The molecule has 0 saturated carbocycles. The lowest BCUT2D eigenvalue weighted by Gasteiger charge is -2.18. The highest BCUT2D eigenvalue weighted by molar-refractivity contribution is 5.77. The Morgan fingerprint density at radius 3 is 2.24 bits per heavy atom. The molecule has 0 unspecified atom stereocenters. The minimum Gasteiger partial charge on any atom is -0.423 e. The van der Waals surface area contributed by atoms with E-state index >= 15 is 0 Å². The SMILES string of the molecule is CC.CC(C)(C)c1ccc2oc(=O)ccc2c1. The number of hydrogen-bond acceptors (Lipinski definition) is 2. The summed E-state index contributed by atoms with van der Waals surface area (Å²) in [5, 5.41) is 0.974. The zero-order valence-electron chi connectivity index (χ0n) is 11.2. The van der Waals surface area contributed by atoms with Crippen LogP contribution in [0.15, 0.2) is 39.5 Å². The lowest BCUT2D eigenvalue weighted by atomic mass is 9.86. The van der Waals surface area contributed by atoms with Gasteiger partial charge in [0.25, 0.3) is 0 Å². The molecule has 0 atom stereocenters. The first-order valence-electron chi connectivity index (χ1n) is 6.01. The molecule has 0 radical (unpaired) electrons. The number of benzene rings is 1. The second-order valence-corrected chi connectivity index (χ2v) is 4.76. The Morgan fingerprint density at radius 1 is 1.00 bits per heavy atom. The van der Waals surface area contributed by atoms with E-state index in [1.165, 1.54) is 11.6 Å². The van der Waals surface area contributed by atoms with E-state index in [4.69, 9.17) is 4.42 Å². The predicted octanol–water partition coefficient (Wildman–Crippen LogP) is 4.12. The second-order valence-electron chi connectivity index (χ2n) is 4.76. The molecule has 2 rings (SSSR count). The van der Waals surface area contributed by atoms with E-state index in [0.29, 0.717) is 5.58 Å². The summed E-state index contributed by atoms with van der Waals surface area (Å²) in [6, 6.07) is 9.19. The summed E-state index contributed by atoms with van der Waals surface area (Å²) in [5.74, 6) is 0. The van der Waals surface area contributed by atoms with Crippen LogP contribution in [0.3, 0.4) is 0 Å². The normalized spacial score (nSPS) is 10.9. The maximum absolute atomic E-state index is 11.0. The third-order valence-corrected chi connectivity index (χ3v) is 2.49. The zero-order chi connectivity index (χ0) is 13.1. The smallest absolute Gasteiger partial charge is 0.336 e. The van der Waals surface area contributed by atoms with Crippen LogP contribution < -0.4 is 5.63 Å². The van der Waals surface area contributed by atoms with Crippen LogP contribution in [-0.4, -0.2) is 0 Å². The third-order valence-electron chi connectivity index (χ3n) is 2.49. The van der Waals surface area contributed by atoms with Crippen LogP contribution in [-0.2, 0) is 5.41 Å². The fourth-order valence-corrected chi connectivity index (χ4v) is 1.54. The maximum Gasteiger partial charge on any atom is 0.336 e. The summed E-state index contributed by atoms with van der Waals surface area (Å²) in [5.41, 5.74) is 1.70. The van der Waals surface area contributed by atoms with Gasteiger partial charge < -0.3 is 4.42 Å². The first-order valence-corrected chi connectivity index (χ1v) is 6.01. The van der Waals surface area contributed by atoms with Gasteiger partial charge in [-0.1, -0.05) is 40.7 Å². The van der Waals surface area contributed by atoms with Gasteiger partial charge in [-0.3, -0.25) is 0 Å². The van der Waals surface area contributed by atoms with Crippen molar-refractivity contribution in [2.24, 2.45) is 0 Å². The maximum atomic E-state index is 11.0. The summed E-state index contributed by atoms with van der Waals surface area (Å²) >= 11 is 0. The molecule has 2 nitrogen and oxygen atoms in total. The summed E-state index contributed by atoms with van der Waals surface area (Å²) in [6.07, 6.45) is 0. The van der Waals surface area contributed by atoms with Gasteiger partial charge in [-0.2, -0.15) is 0 Å². The minimum absolute atomic E-state index is 0.115. The van der Waals surface area contributed by atoms with Gasteiger partial charge in [0.05, 0.1) is 0 Å². The number of hydrogen-bond donors (Lipinski definition) is 0. The fourth-order valence-electron chi connectivity index (χ4n) is 1.54. The fraction of sp³-hybridized carbons (Fsp3) is 0.400. The van der Waals surface area contributed by atoms with Crippen molar-refractivity contribution in [3.8, 4) is 0 Å². The van der Waals surface area contributed by atoms with Gasteiger partial charge in [-0.25, -0.2) is 4.79 Å². The molecule has 1 aromatic heterocycles. The Morgan fingerprint density at radius 2 is 1.65 bits per heavy atom. The Bertz CT molecular complexity index is 545. The summed E-state index contributed by atoms with van der Waals surface area (Å²) < 4.78 is 5.07. The van der Waals surface area contributed by atoms with Crippen molar-refractivity contribution in [3.63, 3.8) is 0 Å². The Labute approximate surface area is 102 Å². The van der Waals surface area contributed by atoms with Crippen molar-refractivity contribution in [3.05, 3.63) is 46.3 Å². The molecule has 17 heavy (non-hydrogen) atoms. The van der Waals surface area contributed by atoms with Crippen molar-refractivity contribution in [1.29, 1.82) is 0 Å². The second kappa shape index (κ2) is 5.17. The molecule has 0 saturated heterocycles. The zero-order valence-corrected chi connectivity index (χ0v) is 11.2. The van der Waals surface area contributed by atoms with Gasteiger partial charge >= 0.3 is 5.63 Å². The molecule has 0 fully saturated rings. The van der Waals surface area contributed by atoms with E-state index in [1.54, 1.807) is 6.07 Å². The first-order chi connectivity index (χ1) is 7.97. The molecule has 1 aromatic carbocycles. The molecule has 0 aliphatic rings. The van der Waals surface area contributed by atoms with Crippen molar-refractivity contribution in [2.75, 3.05) is 0 Å². The molecule has 2 aromatic rings. The first kappa shape index (κ1) is 13.5. The van der Waals surface area contributed by atoms with Gasteiger partial charge in [0, 0.05) is 11.5 Å². The van der Waals surface area contributed by atoms with Crippen LogP contribution in [0, 0.1) is 0 Å². The topological polar surface area (TPSA) is 30.2 Å². The van der Waals surface area contributed by atoms with E-state index < -0.39 is 0 Å². The van der Waals surface area contributed by atoms with Gasteiger partial charge in [0.1, 0.15) is 5.58 Å². The van der Waals surface area contributed by atoms with Crippen LogP contribution in [0.1, 0.15) is 40.2 Å². The molecule has 0 N–H and O–H groups in total. The van der Waals surface area contributed by atoms with Crippen molar-refractivity contribution >= 4 is 11.0 Å². The van der Waals surface area contributed by atoms with Crippen LogP contribution in [0.25, 0.3) is 11.0 Å². The van der Waals surface area contributed by atoms with Crippen molar-refractivity contribution in [2.45, 2.75) is 40.0 Å². The standard InChI is InChI=1S/C13H14O2.C2H6/c1-13(2,3)10-5-6-11-9(8-10)4-7-12(14)15-11;1-2/h4-8H,1-3H3;1-2H3. The Hall–Kier alpha value is -1.57. The molecule has 0 amide bonds. The van der Waals surface area contributed by atoms with Crippen LogP contribution in [0.5, 0.6) is 0 Å². The van der Waals surface area contributed by atoms with E-state index in [9.17, 15) is 4.79 Å². The Kier molecular flexibility index (Phi) is 4.11. The van der Waals surface area contributed by atoms with Crippen molar-refractivity contribution < 1.29 is 4.42 Å². The molecule has 0 bridgehead atoms. The van der Waals surface area contributed by atoms with E-state index in [1.807, 2.05) is 26.0 Å². The van der Waals surface area contributed by atoms with E-state index in [-0.39, 0.29) is 11.0 Å². The van der Waals surface area contributed by atoms with Gasteiger partial charge in [0.2, 0.25) is 0 Å². The molecule has 2 heteroatoms. The average molecular weight is 232 g/mol. The molecule has 1 heterocycles. The summed E-state index contributed by atoms with van der Waals surface area (Å²) in [6.45, 7) is 10.5. The van der Waals surface area contributed by atoms with Gasteiger partial charge in [0.15, 0.2) is 0 Å².